The Morgan fingerprint density at radius 2 is 2.14 bits per heavy atom. The summed E-state index contributed by atoms with van der Waals surface area (Å²) >= 11 is 0. The molecule has 29 heavy (non-hydrogen) atoms. The standard InChI is InChI=1S/C22H25N5O2/c1-16-9-10-19(20(12-16)29-14-17-6-3-2-4-7-17)25-22(28)27-11-5-8-18(13-27)21-23-15-24-26-21/h2-4,6-7,9-10,12,15,18H,5,8,11,13-14H2,1H3,(H,25,28)(H,23,24,26)/t18-/m1/s1. The van der Waals surface area contributed by atoms with Gasteiger partial charge in [-0.1, -0.05) is 36.4 Å². The van der Waals surface area contributed by atoms with Crippen LogP contribution >= 0.6 is 0 Å². The molecule has 7 heteroatoms. The molecule has 0 unspecified atom stereocenters. The number of anilines is 1. The van der Waals surface area contributed by atoms with Gasteiger partial charge in [0.25, 0.3) is 0 Å². The van der Waals surface area contributed by atoms with Crippen LogP contribution in [0.1, 0.15) is 35.7 Å². The Kier molecular flexibility index (Phi) is 5.74. The molecule has 2 N–H and O–H groups in total. The number of nitrogens with one attached hydrogen (secondary N) is 2. The highest BCUT2D eigenvalue weighted by Crippen LogP contribution is 2.29. The number of hydrogen-bond acceptors (Lipinski definition) is 4. The highest BCUT2D eigenvalue weighted by Gasteiger charge is 2.26. The van der Waals surface area contributed by atoms with Crippen LogP contribution in [0.15, 0.2) is 54.9 Å². The van der Waals surface area contributed by atoms with Gasteiger partial charge in [0.2, 0.25) is 0 Å². The highest BCUT2D eigenvalue weighted by atomic mass is 16.5. The summed E-state index contributed by atoms with van der Waals surface area (Å²) in [5, 5.41) is 9.88. The number of aromatic amines is 1. The fourth-order valence-electron chi connectivity index (χ4n) is 3.58. The summed E-state index contributed by atoms with van der Waals surface area (Å²) in [6.07, 6.45) is 3.44. The predicted molar refractivity (Wildman–Crippen MR) is 111 cm³/mol. The van der Waals surface area contributed by atoms with Gasteiger partial charge in [0.15, 0.2) is 0 Å². The summed E-state index contributed by atoms with van der Waals surface area (Å²) in [5.41, 5.74) is 2.84. The van der Waals surface area contributed by atoms with Crippen LogP contribution in [0.4, 0.5) is 10.5 Å². The lowest BCUT2D eigenvalue weighted by molar-refractivity contribution is 0.191. The number of nitrogens with zero attached hydrogens (tertiary/aromatic N) is 3. The van der Waals surface area contributed by atoms with E-state index >= 15 is 0 Å². The molecular formula is C22H25N5O2. The van der Waals surface area contributed by atoms with Crippen LogP contribution in [-0.2, 0) is 6.61 Å². The summed E-state index contributed by atoms with van der Waals surface area (Å²) in [6, 6.07) is 15.7. The van der Waals surface area contributed by atoms with Gasteiger partial charge in [-0.3, -0.25) is 5.10 Å². The number of likely N-dealkylation sites (tertiary alicyclic amines) is 1. The molecule has 2 aromatic carbocycles. The van der Waals surface area contributed by atoms with Crippen molar-refractivity contribution >= 4 is 11.7 Å². The number of ether oxygens (including phenoxy) is 1. The van der Waals surface area contributed by atoms with Crippen molar-refractivity contribution in [1.82, 2.24) is 20.1 Å². The summed E-state index contributed by atoms with van der Waals surface area (Å²) in [5.74, 6) is 1.69. The lowest BCUT2D eigenvalue weighted by atomic mass is 9.98. The molecule has 0 aliphatic carbocycles. The largest absolute Gasteiger partial charge is 0.487 e. The first-order chi connectivity index (χ1) is 14.2. The molecule has 2 heterocycles. The number of carbonyl (C=O) groups is 1. The maximum absolute atomic E-state index is 12.9. The summed E-state index contributed by atoms with van der Waals surface area (Å²) in [4.78, 5) is 19.0. The van der Waals surface area contributed by atoms with E-state index in [0.29, 0.717) is 24.6 Å². The van der Waals surface area contributed by atoms with Gasteiger partial charge in [0.05, 0.1) is 5.69 Å². The second-order valence-electron chi connectivity index (χ2n) is 7.36. The molecule has 1 aliphatic rings. The van der Waals surface area contributed by atoms with Gasteiger partial charge in [0, 0.05) is 19.0 Å². The number of benzene rings is 2. The normalized spacial score (nSPS) is 16.4. The monoisotopic (exact) mass is 391 g/mol. The van der Waals surface area contributed by atoms with E-state index in [1.54, 1.807) is 0 Å². The van der Waals surface area contributed by atoms with E-state index < -0.39 is 0 Å². The van der Waals surface area contributed by atoms with Crippen LogP contribution in [0.3, 0.4) is 0 Å². The Bertz CT molecular complexity index is 943. The van der Waals surface area contributed by atoms with Crippen molar-refractivity contribution in [2.75, 3.05) is 18.4 Å². The molecular weight excluding hydrogens is 366 g/mol. The molecule has 1 aliphatic heterocycles. The Morgan fingerprint density at radius 1 is 1.28 bits per heavy atom. The number of piperidine rings is 1. The maximum atomic E-state index is 12.9. The number of aromatic nitrogens is 3. The third-order valence-corrected chi connectivity index (χ3v) is 5.14. The molecule has 0 bridgehead atoms. The van der Waals surface area contributed by atoms with E-state index in [4.69, 9.17) is 4.74 Å². The van der Waals surface area contributed by atoms with Gasteiger partial charge in [-0.25, -0.2) is 9.78 Å². The average Bonchev–Trinajstić information content (AvgIpc) is 3.30. The van der Waals surface area contributed by atoms with Crippen molar-refractivity contribution in [3.63, 3.8) is 0 Å². The molecule has 7 nitrogen and oxygen atoms in total. The minimum absolute atomic E-state index is 0.123. The van der Waals surface area contributed by atoms with Gasteiger partial charge in [-0.15, -0.1) is 0 Å². The lowest BCUT2D eigenvalue weighted by Crippen LogP contribution is -2.41. The van der Waals surface area contributed by atoms with Gasteiger partial charge >= 0.3 is 6.03 Å². The predicted octanol–water partition coefficient (Wildman–Crippen LogP) is 4.10. The van der Waals surface area contributed by atoms with Gasteiger partial charge in [-0.2, -0.15) is 5.10 Å². The molecule has 1 fully saturated rings. The van der Waals surface area contributed by atoms with E-state index in [9.17, 15) is 4.79 Å². The van der Waals surface area contributed by atoms with Crippen LogP contribution in [0.2, 0.25) is 0 Å². The Morgan fingerprint density at radius 3 is 2.93 bits per heavy atom. The smallest absolute Gasteiger partial charge is 0.321 e. The molecule has 3 aromatic rings. The summed E-state index contributed by atoms with van der Waals surface area (Å²) in [6.45, 7) is 3.80. The van der Waals surface area contributed by atoms with Gasteiger partial charge in [0.1, 0.15) is 24.5 Å². The Balaban J connectivity index is 1.43. The van der Waals surface area contributed by atoms with Crippen LogP contribution < -0.4 is 10.1 Å². The zero-order valence-corrected chi connectivity index (χ0v) is 16.5. The van der Waals surface area contributed by atoms with E-state index in [2.05, 4.69) is 20.5 Å². The molecule has 0 saturated carbocycles. The topological polar surface area (TPSA) is 83.1 Å². The highest BCUT2D eigenvalue weighted by molar-refractivity contribution is 5.91. The number of amides is 2. The minimum Gasteiger partial charge on any atom is -0.487 e. The molecule has 150 valence electrons. The third-order valence-electron chi connectivity index (χ3n) is 5.14. The summed E-state index contributed by atoms with van der Waals surface area (Å²) < 4.78 is 6.02. The number of urea groups is 1. The van der Waals surface area contributed by atoms with Crippen molar-refractivity contribution in [2.24, 2.45) is 0 Å². The van der Waals surface area contributed by atoms with E-state index in [1.807, 2.05) is 60.4 Å². The zero-order chi connectivity index (χ0) is 20.1. The zero-order valence-electron chi connectivity index (χ0n) is 16.5. The van der Waals surface area contributed by atoms with Crippen molar-refractivity contribution < 1.29 is 9.53 Å². The molecule has 0 spiro atoms. The van der Waals surface area contributed by atoms with Crippen LogP contribution in [0, 0.1) is 6.92 Å². The quantitative estimate of drug-likeness (QED) is 0.686. The number of aryl methyl sites for hydroxylation is 1. The van der Waals surface area contributed by atoms with E-state index in [0.717, 1.165) is 36.3 Å². The molecule has 1 atom stereocenters. The first-order valence-corrected chi connectivity index (χ1v) is 9.87. The van der Waals surface area contributed by atoms with Crippen molar-refractivity contribution in [2.45, 2.75) is 32.3 Å². The number of H-pyrrole nitrogens is 1. The number of rotatable bonds is 5. The maximum Gasteiger partial charge on any atom is 0.321 e. The molecule has 0 radical (unpaired) electrons. The Hall–Kier alpha value is -3.35. The van der Waals surface area contributed by atoms with Crippen molar-refractivity contribution in [3.8, 4) is 5.75 Å². The molecule has 4 rings (SSSR count). The van der Waals surface area contributed by atoms with Gasteiger partial charge < -0.3 is 15.0 Å². The first-order valence-electron chi connectivity index (χ1n) is 9.87. The number of carbonyl (C=O) groups excluding carboxylic acids is 1. The molecule has 1 saturated heterocycles. The lowest BCUT2D eigenvalue weighted by Gasteiger charge is -2.31. The first kappa shape index (κ1) is 19.0. The van der Waals surface area contributed by atoms with Crippen molar-refractivity contribution in [1.29, 1.82) is 0 Å². The van der Waals surface area contributed by atoms with E-state index in [-0.39, 0.29) is 11.9 Å². The minimum atomic E-state index is -0.123. The fraction of sp³-hybridized carbons (Fsp3) is 0.318. The molecule has 2 amide bonds. The SMILES string of the molecule is Cc1ccc(NC(=O)N2CCC[C@@H](c3ncn[nH]3)C2)c(OCc2ccccc2)c1. The Labute approximate surface area is 170 Å². The average molecular weight is 391 g/mol. The second-order valence-corrected chi connectivity index (χ2v) is 7.36. The second kappa shape index (κ2) is 8.77. The van der Waals surface area contributed by atoms with Gasteiger partial charge in [-0.05, 0) is 43.0 Å². The van der Waals surface area contributed by atoms with Crippen molar-refractivity contribution in [3.05, 3.63) is 71.8 Å². The number of hydrogen-bond donors (Lipinski definition) is 2. The fourth-order valence-corrected chi connectivity index (χ4v) is 3.58. The summed E-state index contributed by atoms with van der Waals surface area (Å²) in [7, 11) is 0. The van der Waals surface area contributed by atoms with Crippen LogP contribution in [0.5, 0.6) is 5.75 Å². The van der Waals surface area contributed by atoms with E-state index in [1.165, 1.54) is 6.33 Å². The van der Waals surface area contributed by atoms with Crippen LogP contribution in [-0.4, -0.2) is 39.2 Å². The third kappa shape index (κ3) is 4.74. The van der Waals surface area contributed by atoms with Crippen LogP contribution in [0.25, 0.3) is 0 Å². The molecule has 1 aromatic heterocycles.